The minimum Gasteiger partial charge on any atom is -0.455 e. The quantitative estimate of drug-likeness (QED) is 0.319. The Kier molecular flexibility index (Phi) is 4.22. The maximum Gasteiger partial charge on any atom is 0.265 e. The molecule has 0 bridgehead atoms. The van der Waals surface area contributed by atoms with E-state index in [0.29, 0.717) is 22.4 Å². The number of benzene rings is 2. The summed E-state index contributed by atoms with van der Waals surface area (Å²) in [4.78, 5) is 7.74. The van der Waals surface area contributed by atoms with Crippen molar-refractivity contribution in [1.29, 1.82) is 0 Å². The lowest BCUT2D eigenvalue weighted by atomic mass is 10.1. The van der Waals surface area contributed by atoms with Gasteiger partial charge in [0.2, 0.25) is 0 Å². The molecule has 8 heteroatoms. The maximum absolute atomic E-state index is 5.92. The number of nitrogens with zero attached hydrogens (tertiary/aromatic N) is 4. The monoisotopic (exact) mass is 402 g/mol. The smallest absolute Gasteiger partial charge is 0.265 e. The second kappa shape index (κ2) is 7.03. The van der Waals surface area contributed by atoms with E-state index in [2.05, 4.69) is 30.7 Å². The average molecular weight is 403 g/mol. The van der Waals surface area contributed by atoms with Crippen LogP contribution in [0.25, 0.3) is 33.4 Å². The molecule has 0 aliphatic carbocycles. The van der Waals surface area contributed by atoms with Gasteiger partial charge in [-0.2, -0.15) is 10.1 Å². The molecular formula is C21H15ClN6O. The number of para-hydroxylation sites is 1. The lowest BCUT2D eigenvalue weighted by molar-refractivity contribution is 0.575. The van der Waals surface area contributed by atoms with Gasteiger partial charge in [0.1, 0.15) is 17.0 Å². The van der Waals surface area contributed by atoms with E-state index in [-0.39, 0.29) is 0 Å². The van der Waals surface area contributed by atoms with Gasteiger partial charge in [0, 0.05) is 16.0 Å². The number of anilines is 1. The Morgan fingerprint density at radius 3 is 2.79 bits per heavy atom. The summed E-state index contributed by atoms with van der Waals surface area (Å²) >= 11 is 5.92. The highest BCUT2D eigenvalue weighted by molar-refractivity contribution is 6.30. The van der Waals surface area contributed by atoms with Crippen molar-refractivity contribution in [2.24, 2.45) is 5.10 Å². The number of aromatic nitrogens is 4. The third-order valence-electron chi connectivity index (χ3n) is 4.57. The Labute approximate surface area is 170 Å². The fourth-order valence-electron chi connectivity index (χ4n) is 3.14. The minimum atomic E-state index is 0.294. The van der Waals surface area contributed by atoms with Crippen LogP contribution in [0, 0.1) is 6.92 Å². The van der Waals surface area contributed by atoms with E-state index in [4.69, 9.17) is 16.0 Å². The summed E-state index contributed by atoms with van der Waals surface area (Å²) < 4.78 is 5.78. The van der Waals surface area contributed by atoms with Crippen LogP contribution in [0.4, 0.5) is 5.95 Å². The van der Waals surface area contributed by atoms with E-state index in [1.165, 1.54) is 0 Å². The molecule has 0 aliphatic heterocycles. The first-order chi connectivity index (χ1) is 14.2. The maximum atomic E-state index is 5.92. The fourth-order valence-corrected chi connectivity index (χ4v) is 3.26. The highest BCUT2D eigenvalue weighted by Crippen LogP contribution is 2.25. The number of hydrogen-bond acceptors (Lipinski definition) is 6. The van der Waals surface area contributed by atoms with Crippen molar-refractivity contribution in [1.82, 2.24) is 20.2 Å². The fraction of sp³-hybridized carbons (Fsp3) is 0.0476. The first-order valence-corrected chi connectivity index (χ1v) is 9.32. The summed E-state index contributed by atoms with van der Waals surface area (Å²) in [6.45, 7) is 2.04. The zero-order valence-corrected chi connectivity index (χ0v) is 16.1. The van der Waals surface area contributed by atoms with Crippen LogP contribution in [0.3, 0.4) is 0 Å². The second-order valence-corrected chi connectivity index (χ2v) is 6.97. The molecule has 2 aromatic carbocycles. The molecule has 0 fully saturated rings. The Balaban J connectivity index is 1.35. The number of nitrogens with one attached hydrogen (secondary N) is 2. The SMILES string of the molecule is Cc1cccc2c1[nH]c1nc(N/N=C\c3ccc(-c4ccc(Cl)cc4)o3)nnc12. The van der Waals surface area contributed by atoms with Crippen molar-refractivity contribution in [2.45, 2.75) is 6.92 Å². The zero-order chi connectivity index (χ0) is 19.8. The summed E-state index contributed by atoms with van der Waals surface area (Å²) in [6, 6.07) is 17.2. The number of fused-ring (bicyclic) bond motifs is 3. The Morgan fingerprint density at radius 2 is 1.93 bits per heavy atom. The normalized spacial score (nSPS) is 11.7. The Hall–Kier alpha value is -3.71. The van der Waals surface area contributed by atoms with Crippen LogP contribution >= 0.6 is 11.6 Å². The van der Waals surface area contributed by atoms with E-state index >= 15 is 0 Å². The topological polar surface area (TPSA) is 92.0 Å². The summed E-state index contributed by atoms with van der Waals surface area (Å²) in [5, 5.41) is 14.2. The lowest BCUT2D eigenvalue weighted by Gasteiger charge is -1.97. The first-order valence-electron chi connectivity index (χ1n) is 8.94. The highest BCUT2D eigenvalue weighted by Gasteiger charge is 2.10. The number of furan rings is 1. The molecule has 0 amide bonds. The molecule has 0 radical (unpaired) electrons. The number of aryl methyl sites for hydroxylation is 1. The molecule has 29 heavy (non-hydrogen) atoms. The summed E-state index contributed by atoms with van der Waals surface area (Å²) in [5.41, 5.74) is 7.26. The van der Waals surface area contributed by atoms with Crippen LogP contribution in [-0.4, -0.2) is 26.4 Å². The molecule has 3 aromatic heterocycles. The van der Waals surface area contributed by atoms with Crippen molar-refractivity contribution in [3.8, 4) is 11.3 Å². The van der Waals surface area contributed by atoms with Crippen molar-refractivity contribution in [3.63, 3.8) is 0 Å². The van der Waals surface area contributed by atoms with Gasteiger partial charge in [-0.25, -0.2) is 5.43 Å². The van der Waals surface area contributed by atoms with Gasteiger partial charge in [0.25, 0.3) is 5.95 Å². The molecule has 142 valence electrons. The van der Waals surface area contributed by atoms with Crippen molar-refractivity contribution >= 4 is 45.8 Å². The van der Waals surface area contributed by atoms with Crippen LogP contribution < -0.4 is 5.43 Å². The average Bonchev–Trinajstić information content (AvgIpc) is 3.34. The molecule has 0 saturated heterocycles. The van der Waals surface area contributed by atoms with Gasteiger partial charge in [-0.05, 0) is 48.9 Å². The van der Waals surface area contributed by atoms with E-state index < -0.39 is 0 Å². The van der Waals surface area contributed by atoms with Gasteiger partial charge in [0.05, 0.1) is 11.7 Å². The number of aromatic amines is 1. The number of halogens is 1. The van der Waals surface area contributed by atoms with Crippen molar-refractivity contribution < 1.29 is 4.42 Å². The summed E-state index contributed by atoms with van der Waals surface area (Å²) in [7, 11) is 0. The van der Waals surface area contributed by atoms with E-state index in [1.807, 2.05) is 61.5 Å². The molecule has 0 atom stereocenters. The highest BCUT2D eigenvalue weighted by atomic mass is 35.5. The third-order valence-corrected chi connectivity index (χ3v) is 4.82. The summed E-state index contributed by atoms with van der Waals surface area (Å²) in [6.07, 6.45) is 1.56. The zero-order valence-electron chi connectivity index (χ0n) is 15.3. The van der Waals surface area contributed by atoms with Crippen LogP contribution in [0.15, 0.2) is 64.1 Å². The summed E-state index contributed by atoms with van der Waals surface area (Å²) in [5.74, 6) is 1.62. The number of rotatable bonds is 4. The molecule has 7 nitrogen and oxygen atoms in total. The largest absolute Gasteiger partial charge is 0.455 e. The predicted molar refractivity (Wildman–Crippen MR) is 114 cm³/mol. The number of H-pyrrole nitrogens is 1. The number of hydrogen-bond donors (Lipinski definition) is 2. The second-order valence-electron chi connectivity index (χ2n) is 6.53. The lowest BCUT2D eigenvalue weighted by Crippen LogP contribution is -1.98. The third kappa shape index (κ3) is 3.32. The first kappa shape index (κ1) is 17.4. The van der Waals surface area contributed by atoms with E-state index in [1.54, 1.807) is 6.21 Å². The van der Waals surface area contributed by atoms with E-state index in [0.717, 1.165) is 33.3 Å². The Morgan fingerprint density at radius 1 is 1.07 bits per heavy atom. The number of hydrazone groups is 1. The van der Waals surface area contributed by atoms with Crippen molar-refractivity contribution in [3.05, 3.63) is 70.9 Å². The van der Waals surface area contributed by atoms with Crippen molar-refractivity contribution in [2.75, 3.05) is 5.43 Å². The van der Waals surface area contributed by atoms with Crippen LogP contribution in [0.1, 0.15) is 11.3 Å². The molecular weight excluding hydrogens is 388 g/mol. The minimum absolute atomic E-state index is 0.294. The van der Waals surface area contributed by atoms with Gasteiger partial charge < -0.3 is 9.40 Å². The molecule has 0 aliphatic rings. The molecule has 2 N–H and O–H groups in total. The van der Waals surface area contributed by atoms with Crippen LogP contribution in [0.2, 0.25) is 5.02 Å². The van der Waals surface area contributed by atoms with E-state index in [9.17, 15) is 0 Å². The van der Waals surface area contributed by atoms with Gasteiger partial charge in [-0.15, -0.1) is 10.2 Å². The molecule has 3 heterocycles. The Bertz CT molecular complexity index is 1350. The van der Waals surface area contributed by atoms with Crippen LogP contribution in [0.5, 0.6) is 0 Å². The molecule has 0 spiro atoms. The molecule has 5 aromatic rings. The van der Waals surface area contributed by atoms with Gasteiger partial charge in [0.15, 0.2) is 5.65 Å². The van der Waals surface area contributed by atoms with Gasteiger partial charge in [-0.1, -0.05) is 29.8 Å². The molecule has 5 rings (SSSR count). The van der Waals surface area contributed by atoms with Crippen LogP contribution in [-0.2, 0) is 0 Å². The predicted octanol–water partition coefficient (Wildman–Crippen LogP) is 5.17. The molecule has 0 unspecified atom stereocenters. The standard InChI is InChI=1S/C21H15ClN6O/c1-12-3-2-4-16-18(12)24-20-19(16)26-28-21(25-20)27-23-11-15-9-10-17(29-15)13-5-7-14(22)8-6-13/h2-11H,1H3,(H2,24,25,27,28)/b23-11-. The molecule has 0 saturated carbocycles. The van der Waals surface area contributed by atoms with Gasteiger partial charge in [-0.3, -0.25) is 0 Å². The van der Waals surface area contributed by atoms with Gasteiger partial charge >= 0.3 is 0 Å².